The molecular weight excluding hydrogens is 535 g/mol. The van der Waals surface area contributed by atoms with Crippen LogP contribution in [0.5, 0.6) is 6.01 Å². The van der Waals surface area contributed by atoms with Crippen molar-refractivity contribution in [2.24, 2.45) is 4.40 Å². The number of amides is 1. The van der Waals surface area contributed by atoms with Crippen molar-refractivity contribution in [3.8, 4) is 17.1 Å². The van der Waals surface area contributed by atoms with Crippen LogP contribution in [0.4, 0.5) is 18.9 Å². The van der Waals surface area contributed by atoms with Gasteiger partial charge in [-0.3, -0.25) is 4.79 Å². The Morgan fingerprint density at radius 1 is 1.16 bits per heavy atom. The highest BCUT2D eigenvalue weighted by Crippen LogP contribution is 2.31. The first-order valence-corrected chi connectivity index (χ1v) is 12.3. The molecule has 3 aromatic rings. The van der Waals surface area contributed by atoms with E-state index in [0.29, 0.717) is 10.6 Å². The van der Waals surface area contributed by atoms with Crippen LogP contribution in [-0.4, -0.2) is 62.4 Å². The molecule has 1 unspecified atom stereocenters. The number of halogens is 4. The third kappa shape index (κ3) is 7.64. The lowest BCUT2D eigenvalue weighted by atomic mass is 10.1. The minimum absolute atomic E-state index is 0.0498. The second-order valence-electron chi connectivity index (χ2n) is 7.74. The Balaban J connectivity index is 1.95. The molecule has 0 bridgehead atoms. The monoisotopic (exact) mass is 555 g/mol. The average Bonchev–Trinajstić information content (AvgIpc) is 2.84. The van der Waals surface area contributed by atoms with E-state index in [1.165, 1.54) is 23.1 Å². The minimum atomic E-state index is -4.29. The largest absolute Gasteiger partial charge is 0.422 e. The fourth-order valence-corrected chi connectivity index (χ4v) is 4.32. The van der Waals surface area contributed by atoms with Gasteiger partial charge >= 0.3 is 18.8 Å². The van der Waals surface area contributed by atoms with Crippen molar-refractivity contribution in [2.45, 2.75) is 24.1 Å². The molecule has 0 spiro atoms. The fourth-order valence-electron chi connectivity index (χ4n) is 2.95. The van der Waals surface area contributed by atoms with Crippen molar-refractivity contribution < 1.29 is 31.1 Å². The number of nitrogens with one attached hydrogen (secondary N) is 1. The second-order valence-corrected chi connectivity index (χ2v) is 9.75. The SMILES string of the molecule is CN(C)C=NS(=O)(=O)c1cc(NC(=O)Cc2ccccc2Cl)ccc1-c1cnc(OC(F)C(F)F)nc1. The quantitative estimate of drug-likeness (QED) is 0.295. The third-order valence-corrected chi connectivity index (χ3v) is 6.26. The van der Waals surface area contributed by atoms with Crippen molar-refractivity contribution in [2.75, 3.05) is 19.4 Å². The summed E-state index contributed by atoms with van der Waals surface area (Å²) >= 11 is 6.10. The van der Waals surface area contributed by atoms with Gasteiger partial charge in [0.2, 0.25) is 5.91 Å². The van der Waals surface area contributed by atoms with E-state index in [4.69, 9.17) is 11.6 Å². The zero-order chi connectivity index (χ0) is 27.2. The number of sulfonamides is 1. The number of hydrogen-bond donors (Lipinski definition) is 1. The summed E-state index contributed by atoms with van der Waals surface area (Å²) in [5.41, 5.74) is 0.991. The number of aromatic nitrogens is 2. The van der Waals surface area contributed by atoms with Gasteiger partial charge in [-0.2, -0.15) is 12.8 Å². The van der Waals surface area contributed by atoms with Crippen LogP contribution in [0.15, 0.2) is 64.2 Å². The van der Waals surface area contributed by atoms with Crippen LogP contribution in [0.2, 0.25) is 5.02 Å². The Morgan fingerprint density at radius 3 is 2.46 bits per heavy atom. The zero-order valence-electron chi connectivity index (χ0n) is 19.5. The van der Waals surface area contributed by atoms with Crippen molar-refractivity contribution in [3.05, 3.63) is 65.4 Å². The predicted octanol–water partition coefficient (Wildman–Crippen LogP) is 4.20. The Kier molecular flexibility index (Phi) is 9.05. The summed E-state index contributed by atoms with van der Waals surface area (Å²) in [4.78, 5) is 21.0. The molecule has 0 aliphatic heterocycles. The van der Waals surface area contributed by atoms with Gasteiger partial charge in [-0.25, -0.2) is 18.7 Å². The standard InChI is InChI=1S/C23H21ClF3N5O4S/c1-32(2)13-30-37(34,35)19-10-16(31-20(33)9-14-5-3-4-6-18(14)24)7-8-17(19)15-11-28-23(29-12-15)36-22(27)21(25)26/h3-8,10-13,21-22H,9H2,1-2H3,(H,31,33). The first-order valence-electron chi connectivity index (χ1n) is 10.5. The molecule has 0 saturated carbocycles. The zero-order valence-corrected chi connectivity index (χ0v) is 21.0. The third-order valence-electron chi connectivity index (χ3n) is 4.62. The number of rotatable bonds is 10. The van der Waals surface area contributed by atoms with Crippen molar-refractivity contribution in [1.82, 2.24) is 14.9 Å². The molecule has 0 fully saturated rings. The molecule has 0 aliphatic rings. The minimum Gasteiger partial charge on any atom is -0.422 e. The Hall–Kier alpha value is -3.71. The van der Waals surface area contributed by atoms with Crippen LogP contribution in [-0.2, 0) is 21.2 Å². The number of ether oxygens (including phenoxy) is 1. The lowest BCUT2D eigenvalue weighted by Crippen LogP contribution is -2.20. The molecule has 196 valence electrons. The summed E-state index contributed by atoms with van der Waals surface area (Å²) in [6.45, 7) is 0. The summed E-state index contributed by atoms with van der Waals surface area (Å²) in [7, 11) is -1.13. The normalized spacial score (nSPS) is 12.5. The van der Waals surface area contributed by atoms with E-state index in [-0.39, 0.29) is 28.1 Å². The molecule has 3 rings (SSSR count). The van der Waals surface area contributed by atoms with Gasteiger partial charge < -0.3 is 15.0 Å². The van der Waals surface area contributed by atoms with E-state index < -0.39 is 34.7 Å². The molecule has 0 aliphatic carbocycles. The van der Waals surface area contributed by atoms with Crippen LogP contribution in [0, 0.1) is 0 Å². The lowest BCUT2D eigenvalue weighted by Gasteiger charge is -2.13. The molecule has 1 N–H and O–H groups in total. The van der Waals surface area contributed by atoms with Crippen LogP contribution >= 0.6 is 11.6 Å². The van der Waals surface area contributed by atoms with Crippen LogP contribution in [0.3, 0.4) is 0 Å². The number of carbonyl (C=O) groups excluding carboxylic acids is 1. The molecule has 1 heterocycles. The number of benzene rings is 2. The van der Waals surface area contributed by atoms with Crippen LogP contribution in [0.25, 0.3) is 11.1 Å². The number of carbonyl (C=O) groups is 1. The lowest BCUT2D eigenvalue weighted by molar-refractivity contribution is -0.115. The Bertz CT molecular complexity index is 1390. The molecule has 0 radical (unpaired) electrons. The summed E-state index contributed by atoms with van der Waals surface area (Å²) in [6.07, 6.45) is -3.11. The van der Waals surface area contributed by atoms with Gasteiger partial charge in [-0.15, -0.1) is 4.40 Å². The van der Waals surface area contributed by atoms with Gasteiger partial charge in [0.15, 0.2) is 0 Å². The van der Waals surface area contributed by atoms with Gasteiger partial charge in [0.05, 0.1) is 11.3 Å². The van der Waals surface area contributed by atoms with Crippen molar-refractivity contribution in [1.29, 1.82) is 0 Å². The number of alkyl halides is 3. The molecular formula is C23H21ClF3N5O4S. The van der Waals surface area contributed by atoms with E-state index in [2.05, 4.69) is 24.4 Å². The maximum absolute atomic E-state index is 13.1. The topological polar surface area (TPSA) is 114 Å². The average molecular weight is 556 g/mol. The predicted molar refractivity (Wildman–Crippen MR) is 132 cm³/mol. The van der Waals surface area contributed by atoms with E-state index >= 15 is 0 Å². The van der Waals surface area contributed by atoms with Gasteiger partial charge in [-0.1, -0.05) is 35.9 Å². The van der Waals surface area contributed by atoms with Gasteiger partial charge in [-0.05, 0) is 23.8 Å². The van der Waals surface area contributed by atoms with Gasteiger partial charge in [0, 0.05) is 48.3 Å². The van der Waals surface area contributed by atoms with Gasteiger partial charge in [0.1, 0.15) is 6.34 Å². The van der Waals surface area contributed by atoms with E-state index in [1.54, 1.807) is 38.4 Å². The smallest absolute Gasteiger partial charge is 0.319 e. The number of anilines is 1. The van der Waals surface area contributed by atoms with Crippen LogP contribution < -0.4 is 10.1 Å². The number of hydrogen-bond acceptors (Lipinski definition) is 6. The molecule has 0 saturated heterocycles. The summed E-state index contributed by atoms with van der Waals surface area (Å²) < 4.78 is 71.9. The molecule has 1 atom stereocenters. The fraction of sp³-hybridized carbons (Fsp3) is 0.217. The highest BCUT2D eigenvalue weighted by atomic mass is 35.5. The van der Waals surface area contributed by atoms with Gasteiger partial charge in [0.25, 0.3) is 10.0 Å². The molecule has 2 aromatic carbocycles. The van der Waals surface area contributed by atoms with E-state index in [0.717, 1.165) is 18.7 Å². The van der Waals surface area contributed by atoms with E-state index in [9.17, 15) is 26.4 Å². The maximum Gasteiger partial charge on any atom is 0.319 e. The summed E-state index contributed by atoms with van der Waals surface area (Å²) in [6, 6.07) is 10.2. The maximum atomic E-state index is 13.1. The Labute approximate surface area is 216 Å². The first kappa shape index (κ1) is 27.9. The summed E-state index contributed by atoms with van der Waals surface area (Å²) in [5, 5.41) is 3.04. The second kappa shape index (κ2) is 12.0. The Morgan fingerprint density at radius 2 is 1.84 bits per heavy atom. The summed E-state index contributed by atoms with van der Waals surface area (Å²) in [5.74, 6) is -0.439. The van der Waals surface area contributed by atoms with Crippen molar-refractivity contribution >= 4 is 39.6 Å². The molecule has 14 heteroatoms. The number of nitrogens with zero attached hydrogens (tertiary/aromatic N) is 4. The molecule has 9 nitrogen and oxygen atoms in total. The first-order chi connectivity index (χ1) is 17.5. The highest BCUT2D eigenvalue weighted by molar-refractivity contribution is 7.90. The molecule has 1 aromatic heterocycles. The van der Waals surface area contributed by atoms with E-state index in [1.807, 2.05) is 0 Å². The van der Waals surface area contributed by atoms with Crippen LogP contribution in [0.1, 0.15) is 5.56 Å². The highest BCUT2D eigenvalue weighted by Gasteiger charge is 2.23. The molecule has 1 amide bonds. The van der Waals surface area contributed by atoms with Crippen molar-refractivity contribution in [3.63, 3.8) is 0 Å². The molecule has 37 heavy (non-hydrogen) atoms.